The number of hydrogen-bond acceptors (Lipinski definition) is 5. The third kappa shape index (κ3) is 4.78. The highest BCUT2D eigenvalue weighted by Gasteiger charge is 2.10. The lowest BCUT2D eigenvalue weighted by Gasteiger charge is -2.05. The molecule has 0 aliphatic rings. The van der Waals surface area contributed by atoms with Gasteiger partial charge in [-0.05, 0) is 24.6 Å². The summed E-state index contributed by atoms with van der Waals surface area (Å²) < 4.78 is 0. The molecule has 2 N–H and O–H groups in total. The summed E-state index contributed by atoms with van der Waals surface area (Å²) in [6.45, 7) is 1.90. The minimum atomic E-state index is -0.360. The molecule has 0 saturated heterocycles. The van der Waals surface area contributed by atoms with Crippen molar-refractivity contribution >= 4 is 39.9 Å². The largest absolute Gasteiger partial charge is 0.343 e. The van der Waals surface area contributed by atoms with Crippen LogP contribution in [0.25, 0.3) is 0 Å². The van der Waals surface area contributed by atoms with Crippen LogP contribution < -0.4 is 10.6 Å². The number of hydrogen-bond donors (Lipinski definition) is 2. The molecule has 2 rings (SSSR count). The number of halogens is 1. The Hall–Kier alpha value is -1.99. The second kappa shape index (κ2) is 7.86. The molecule has 6 nitrogen and oxygen atoms in total. The number of carbonyl (C=O) groups excluding carboxylic acids is 2. The van der Waals surface area contributed by atoms with Gasteiger partial charge >= 0.3 is 0 Å². The van der Waals surface area contributed by atoms with E-state index in [9.17, 15) is 9.59 Å². The normalized spacial score (nSPS) is 10.3. The molecule has 0 radical (unpaired) electrons. The first kappa shape index (κ1) is 16.4. The van der Waals surface area contributed by atoms with Crippen LogP contribution in [-0.2, 0) is 11.2 Å². The van der Waals surface area contributed by atoms with E-state index in [1.54, 1.807) is 18.2 Å². The van der Waals surface area contributed by atoms with Crippen molar-refractivity contribution in [3.63, 3.8) is 0 Å². The quantitative estimate of drug-likeness (QED) is 0.847. The highest BCUT2D eigenvalue weighted by atomic mass is 35.5. The molecule has 116 valence electrons. The second-order valence-corrected chi connectivity index (χ2v) is 5.99. The number of nitrogens with zero attached hydrogens (tertiary/aromatic N) is 2. The Labute approximate surface area is 136 Å². The molecule has 0 unspecified atom stereocenters. The average molecular weight is 339 g/mol. The predicted octanol–water partition coefficient (Wildman–Crippen LogP) is 2.51. The van der Waals surface area contributed by atoms with E-state index in [-0.39, 0.29) is 18.4 Å². The number of amides is 2. The van der Waals surface area contributed by atoms with E-state index < -0.39 is 0 Å². The van der Waals surface area contributed by atoms with Gasteiger partial charge in [0.2, 0.25) is 11.0 Å². The van der Waals surface area contributed by atoms with E-state index in [1.165, 1.54) is 17.4 Å². The van der Waals surface area contributed by atoms with E-state index in [4.69, 9.17) is 11.6 Å². The SMILES string of the molecule is CCCc1nnc(NC(=O)CNC(=O)c2cccc(Cl)c2)s1. The zero-order chi connectivity index (χ0) is 15.9. The fourth-order valence-electron chi connectivity index (χ4n) is 1.67. The molecule has 1 heterocycles. The molecule has 22 heavy (non-hydrogen) atoms. The number of aromatic nitrogens is 2. The minimum Gasteiger partial charge on any atom is -0.343 e. The zero-order valence-electron chi connectivity index (χ0n) is 11.9. The molecule has 8 heteroatoms. The summed E-state index contributed by atoms with van der Waals surface area (Å²) in [5.74, 6) is -0.712. The van der Waals surface area contributed by atoms with E-state index >= 15 is 0 Å². The summed E-state index contributed by atoms with van der Waals surface area (Å²) in [6.07, 6.45) is 1.80. The first-order chi connectivity index (χ1) is 10.6. The zero-order valence-corrected chi connectivity index (χ0v) is 13.5. The number of benzene rings is 1. The van der Waals surface area contributed by atoms with Gasteiger partial charge in [0.05, 0.1) is 6.54 Å². The second-order valence-electron chi connectivity index (χ2n) is 4.49. The maximum absolute atomic E-state index is 11.9. The van der Waals surface area contributed by atoms with Gasteiger partial charge in [0, 0.05) is 17.0 Å². The number of carbonyl (C=O) groups is 2. The van der Waals surface area contributed by atoms with Crippen LogP contribution in [0.2, 0.25) is 5.02 Å². The topological polar surface area (TPSA) is 84.0 Å². The Morgan fingerprint density at radius 3 is 2.86 bits per heavy atom. The minimum absolute atomic E-state index is 0.145. The molecule has 1 aromatic carbocycles. The molecule has 1 aromatic heterocycles. The van der Waals surface area contributed by atoms with Crippen LogP contribution >= 0.6 is 22.9 Å². The van der Waals surface area contributed by atoms with E-state index in [0.29, 0.717) is 15.7 Å². The summed E-state index contributed by atoms with van der Waals surface area (Å²) in [7, 11) is 0. The maximum atomic E-state index is 11.9. The molecule has 0 atom stereocenters. The van der Waals surface area contributed by atoms with Crippen molar-refractivity contribution in [2.75, 3.05) is 11.9 Å². The van der Waals surface area contributed by atoms with Gasteiger partial charge in [-0.2, -0.15) is 0 Å². The molecular weight excluding hydrogens is 324 g/mol. The average Bonchev–Trinajstić information content (AvgIpc) is 2.92. The molecule has 0 aliphatic carbocycles. The number of anilines is 1. The van der Waals surface area contributed by atoms with E-state index in [2.05, 4.69) is 20.8 Å². The molecule has 0 aliphatic heterocycles. The fourth-order valence-corrected chi connectivity index (χ4v) is 2.72. The van der Waals surface area contributed by atoms with Crippen LogP contribution in [0.3, 0.4) is 0 Å². The first-order valence-electron chi connectivity index (χ1n) is 6.74. The predicted molar refractivity (Wildman–Crippen MR) is 86.3 cm³/mol. The van der Waals surface area contributed by atoms with E-state index in [1.807, 2.05) is 6.92 Å². The Kier molecular flexibility index (Phi) is 5.85. The molecule has 0 spiro atoms. The summed E-state index contributed by atoms with van der Waals surface area (Å²) in [5, 5.41) is 14.7. The van der Waals surface area contributed by atoms with Crippen LogP contribution in [0.1, 0.15) is 28.7 Å². The van der Waals surface area contributed by atoms with Gasteiger partial charge in [0.1, 0.15) is 5.01 Å². The van der Waals surface area contributed by atoms with Crippen LogP contribution in [0.4, 0.5) is 5.13 Å². The van der Waals surface area contributed by atoms with E-state index in [0.717, 1.165) is 17.8 Å². The molecule has 2 amide bonds. The van der Waals surface area contributed by atoms with Gasteiger partial charge in [0.15, 0.2) is 0 Å². The monoisotopic (exact) mass is 338 g/mol. The van der Waals surface area contributed by atoms with Gasteiger partial charge in [0.25, 0.3) is 5.91 Å². The Morgan fingerprint density at radius 1 is 1.32 bits per heavy atom. The van der Waals surface area contributed by atoms with Crippen molar-refractivity contribution in [3.8, 4) is 0 Å². The highest BCUT2D eigenvalue weighted by Crippen LogP contribution is 2.16. The molecular formula is C14H15ClN4O2S. The fraction of sp³-hybridized carbons (Fsp3) is 0.286. The molecule has 2 aromatic rings. The smallest absolute Gasteiger partial charge is 0.251 e. The van der Waals surface area contributed by atoms with Gasteiger partial charge in [-0.15, -0.1) is 10.2 Å². The number of aryl methyl sites for hydroxylation is 1. The number of rotatable bonds is 6. The summed E-state index contributed by atoms with van der Waals surface area (Å²) in [4.78, 5) is 23.6. The van der Waals surface area contributed by atoms with Gasteiger partial charge in [-0.25, -0.2) is 0 Å². The van der Waals surface area contributed by atoms with Crippen LogP contribution in [0.15, 0.2) is 24.3 Å². The van der Waals surface area contributed by atoms with Crippen LogP contribution in [0, 0.1) is 0 Å². The van der Waals surface area contributed by atoms with Crippen molar-refractivity contribution in [3.05, 3.63) is 39.9 Å². The van der Waals surface area contributed by atoms with Crippen molar-refractivity contribution < 1.29 is 9.59 Å². The molecule has 0 bridgehead atoms. The van der Waals surface area contributed by atoms with Crippen molar-refractivity contribution in [1.29, 1.82) is 0 Å². The van der Waals surface area contributed by atoms with Crippen LogP contribution in [0.5, 0.6) is 0 Å². The van der Waals surface area contributed by atoms with Gasteiger partial charge in [-0.3, -0.25) is 14.9 Å². The first-order valence-corrected chi connectivity index (χ1v) is 7.94. The van der Waals surface area contributed by atoms with Crippen LogP contribution in [-0.4, -0.2) is 28.6 Å². The van der Waals surface area contributed by atoms with Crippen molar-refractivity contribution in [2.24, 2.45) is 0 Å². The Bertz CT molecular complexity index is 674. The summed E-state index contributed by atoms with van der Waals surface area (Å²) in [5.41, 5.74) is 0.404. The third-order valence-corrected chi connectivity index (χ3v) is 3.81. The van der Waals surface area contributed by atoms with Crippen molar-refractivity contribution in [1.82, 2.24) is 15.5 Å². The Morgan fingerprint density at radius 2 is 2.14 bits per heavy atom. The van der Waals surface area contributed by atoms with Crippen molar-refractivity contribution in [2.45, 2.75) is 19.8 Å². The highest BCUT2D eigenvalue weighted by molar-refractivity contribution is 7.15. The Balaban J connectivity index is 1.83. The third-order valence-electron chi connectivity index (χ3n) is 2.67. The lowest BCUT2D eigenvalue weighted by atomic mass is 10.2. The van der Waals surface area contributed by atoms with Gasteiger partial charge in [-0.1, -0.05) is 35.9 Å². The lowest BCUT2D eigenvalue weighted by Crippen LogP contribution is -2.32. The summed E-state index contributed by atoms with van der Waals surface area (Å²) >= 11 is 7.15. The number of nitrogens with one attached hydrogen (secondary N) is 2. The lowest BCUT2D eigenvalue weighted by molar-refractivity contribution is -0.115. The van der Waals surface area contributed by atoms with Gasteiger partial charge < -0.3 is 5.32 Å². The molecule has 0 saturated carbocycles. The summed E-state index contributed by atoms with van der Waals surface area (Å²) in [6, 6.07) is 6.51. The maximum Gasteiger partial charge on any atom is 0.251 e. The standard InChI is InChI=1S/C14H15ClN4O2S/c1-2-4-12-18-19-14(22-12)17-11(20)8-16-13(21)9-5-3-6-10(15)7-9/h3,5-7H,2,4,8H2,1H3,(H,16,21)(H,17,19,20). The molecule has 0 fully saturated rings.